The SMILES string of the molecule is O=C(NCc1ccccc1)Nc1ccc2nc3c4cccnc4c4ncccc4c3nc2c1. The summed E-state index contributed by atoms with van der Waals surface area (Å²) < 4.78 is 0. The summed E-state index contributed by atoms with van der Waals surface area (Å²) in [7, 11) is 0. The lowest BCUT2D eigenvalue weighted by Crippen LogP contribution is -2.28. The Hall–Kier alpha value is -4.65. The van der Waals surface area contributed by atoms with Crippen LogP contribution in [0.15, 0.2) is 85.2 Å². The van der Waals surface area contributed by atoms with Crippen LogP contribution in [0, 0.1) is 0 Å². The minimum absolute atomic E-state index is 0.279. The Labute approximate surface area is 188 Å². The van der Waals surface area contributed by atoms with Gasteiger partial charge in [-0.2, -0.15) is 0 Å². The van der Waals surface area contributed by atoms with Gasteiger partial charge in [0.1, 0.15) is 0 Å². The van der Waals surface area contributed by atoms with Gasteiger partial charge in [-0.1, -0.05) is 30.3 Å². The molecule has 2 amide bonds. The highest BCUT2D eigenvalue weighted by molar-refractivity contribution is 6.21. The van der Waals surface area contributed by atoms with Crippen LogP contribution in [0.5, 0.6) is 0 Å². The molecule has 0 unspecified atom stereocenters. The number of amides is 2. The molecule has 7 heteroatoms. The largest absolute Gasteiger partial charge is 0.334 e. The van der Waals surface area contributed by atoms with E-state index in [9.17, 15) is 4.79 Å². The molecule has 7 nitrogen and oxygen atoms in total. The first-order chi connectivity index (χ1) is 16.3. The Morgan fingerprint density at radius 2 is 1.36 bits per heavy atom. The Morgan fingerprint density at radius 1 is 0.697 bits per heavy atom. The number of hydrogen-bond acceptors (Lipinski definition) is 5. The van der Waals surface area contributed by atoms with E-state index in [2.05, 4.69) is 20.6 Å². The van der Waals surface area contributed by atoms with Crippen molar-refractivity contribution in [3.8, 4) is 0 Å². The molecule has 0 fully saturated rings. The third-order valence-electron chi connectivity index (χ3n) is 5.57. The van der Waals surface area contributed by atoms with Crippen LogP contribution in [0.4, 0.5) is 10.5 Å². The third kappa shape index (κ3) is 3.45. The minimum Gasteiger partial charge on any atom is -0.334 e. The van der Waals surface area contributed by atoms with Crippen molar-refractivity contribution in [2.75, 3.05) is 5.32 Å². The van der Waals surface area contributed by atoms with Crippen molar-refractivity contribution in [3.63, 3.8) is 0 Å². The van der Waals surface area contributed by atoms with Gasteiger partial charge in [-0.15, -0.1) is 0 Å². The van der Waals surface area contributed by atoms with Crippen LogP contribution < -0.4 is 10.6 Å². The molecule has 0 aliphatic carbocycles. The molecular weight excluding hydrogens is 412 g/mol. The van der Waals surface area contributed by atoms with Gasteiger partial charge in [0, 0.05) is 35.4 Å². The molecule has 6 aromatic rings. The molecule has 0 radical (unpaired) electrons. The van der Waals surface area contributed by atoms with Gasteiger partial charge in [0.2, 0.25) is 0 Å². The van der Waals surface area contributed by atoms with Crippen molar-refractivity contribution in [2.24, 2.45) is 0 Å². The second-order valence-electron chi connectivity index (χ2n) is 7.72. The first kappa shape index (κ1) is 19.1. The Kier molecular flexibility index (Phi) is 4.51. The number of rotatable bonds is 3. The molecule has 0 aliphatic heterocycles. The van der Waals surface area contributed by atoms with Gasteiger partial charge < -0.3 is 10.6 Å². The lowest BCUT2D eigenvalue weighted by molar-refractivity contribution is 0.251. The maximum absolute atomic E-state index is 12.4. The molecule has 0 spiro atoms. The molecular formula is C26H18N6O. The normalized spacial score (nSPS) is 11.3. The van der Waals surface area contributed by atoms with Crippen LogP contribution in [-0.2, 0) is 6.54 Å². The molecule has 3 heterocycles. The zero-order valence-electron chi connectivity index (χ0n) is 17.5. The minimum atomic E-state index is -0.279. The summed E-state index contributed by atoms with van der Waals surface area (Å²) in [6, 6.07) is 22.8. The van der Waals surface area contributed by atoms with Crippen LogP contribution in [0.25, 0.3) is 43.9 Å². The molecule has 0 bridgehead atoms. The molecule has 3 aromatic carbocycles. The number of nitrogens with zero attached hydrogens (tertiary/aromatic N) is 4. The summed E-state index contributed by atoms with van der Waals surface area (Å²) in [6.45, 7) is 0.449. The highest BCUT2D eigenvalue weighted by Gasteiger charge is 2.14. The van der Waals surface area contributed by atoms with E-state index < -0.39 is 0 Å². The summed E-state index contributed by atoms with van der Waals surface area (Å²) in [6.07, 6.45) is 3.52. The fourth-order valence-electron chi connectivity index (χ4n) is 4.03. The Morgan fingerprint density at radius 3 is 2.06 bits per heavy atom. The summed E-state index contributed by atoms with van der Waals surface area (Å²) in [5, 5.41) is 7.56. The maximum Gasteiger partial charge on any atom is 0.319 e. The Balaban J connectivity index is 1.40. The summed E-state index contributed by atoms with van der Waals surface area (Å²) in [5.74, 6) is 0. The summed E-state index contributed by atoms with van der Waals surface area (Å²) >= 11 is 0. The van der Waals surface area contributed by atoms with E-state index in [4.69, 9.17) is 9.97 Å². The molecule has 0 saturated carbocycles. The zero-order chi connectivity index (χ0) is 22.2. The first-order valence-corrected chi connectivity index (χ1v) is 10.6. The van der Waals surface area contributed by atoms with Gasteiger partial charge in [-0.3, -0.25) is 9.97 Å². The van der Waals surface area contributed by atoms with E-state index in [1.54, 1.807) is 12.4 Å². The zero-order valence-corrected chi connectivity index (χ0v) is 17.5. The van der Waals surface area contributed by atoms with Gasteiger partial charge in [0.05, 0.1) is 33.1 Å². The van der Waals surface area contributed by atoms with Crippen molar-refractivity contribution in [1.29, 1.82) is 0 Å². The number of anilines is 1. The fourth-order valence-corrected chi connectivity index (χ4v) is 4.03. The number of hydrogen-bond donors (Lipinski definition) is 2. The number of nitrogens with one attached hydrogen (secondary N) is 2. The van der Waals surface area contributed by atoms with E-state index in [-0.39, 0.29) is 6.03 Å². The predicted octanol–water partition coefficient (Wildman–Crippen LogP) is 5.20. The van der Waals surface area contributed by atoms with Crippen LogP contribution >= 0.6 is 0 Å². The van der Waals surface area contributed by atoms with E-state index in [0.29, 0.717) is 17.7 Å². The topological polar surface area (TPSA) is 92.7 Å². The number of fused-ring (bicyclic) bond motifs is 7. The average molecular weight is 430 g/mol. The molecule has 6 rings (SSSR count). The second kappa shape index (κ2) is 7.80. The monoisotopic (exact) mass is 430 g/mol. The molecule has 0 atom stereocenters. The lowest BCUT2D eigenvalue weighted by Gasteiger charge is -2.10. The number of urea groups is 1. The van der Waals surface area contributed by atoms with Crippen LogP contribution in [0.1, 0.15) is 5.56 Å². The van der Waals surface area contributed by atoms with Crippen molar-refractivity contribution < 1.29 is 4.79 Å². The predicted molar refractivity (Wildman–Crippen MR) is 130 cm³/mol. The summed E-state index contributed by atoms with van der Waals surface area (Å²) in [5.41, 5.74) is 6.26. The van der Waals surface area contributed by atoms with Crippen molar-refractivity contribution >= 4 is 55.6 Å². The van der Waals surface area contributed by atoms with Gasteiger partial charge in [-0.25, -0.2) is 14.8 Å². The standard InChI is InChI=1S/C26H18N6O/c33-26(29-15-16-6-2-1-3-7-16)30-17-10-11-20-21(14-17)32-25-19-9-5-13-28-23(19)22-18(24(25)31-20)8-4-12-27-22/h1-14H,15H2,(H2,29,30,33). The molecule has 33 heavy (non-hydrogen) atoms. The molecule has 2 N–H and O–H groups in total. The maximum atomic E-state index is 12.4. The molecule has 0 aliphatic rings. The van der Waals surface area contributed by atoms with Crippen LogP contribution in [-0.4, -0.2) is 26.0 Å². The second-order valence-corrected chi connectivity index (χ2v) is 7.72. The molecule has 0 saturated heterocycles. The number of benzene rings is 3. The van der Waals surface area contributed by atoms with Gasteiger partial charge in [0.25, 0.3) is 0 Å². The smallest absolute Gasteiger partial charge is 0.319 e. The molecule has 3 aromatic heterocycles. The van der Waals surface area contributed by atoms with E-state index in [0.717, 1.165) is 43.9 Å². The van der Waals surface area contributed by atoms with E-state index in [1.807, 2.05) is 72.8 Å². The Bertz CT molecular complexity index is 1670. The number of carbonyl (C=O) groups is 1. The quantitative estimate of drug-likeness (QED) is 0.297. The van der Waals surface area contributed by atoms with Crippen LogP contribution in [0.3, 0.4) is 0 Å². The van der Waals surface area contributed by atoms with Crippen LogP contribution in [0.2, 0.25) is 0 Å². The van der Waals surface area contributed by atoms with Gasteiger partial charge in [-0.05, 0) is 48.0 Å². The van der Waals surface area contributed by atoms with Gasteiger partial charge >= 0.3 is 6.03 Å². The van der Waals surface area contributed by atoms with E-state index in [1.165, 1.54) is 0 Å². The fraction of sp³-hybridized carbons (Fsp3) is 0.0385. The van der Waals surface area contributed by atoms with Crippen molar-refractivity contribution in [2.45, 2.75) is 6.54 Å². The average Bonchev–Trinajstić information content (AvgIpc) is 2.87. The van der Waals surface area contributed by atoms with E-state index >= 15 is 0 Å². The highest BCUT2D eigenvalue weighted by Crippen LogP contribution is 2.32. The number of pyridine rings is 2. The lowest BCUT2D eigenvalue weighted by atomic mass is 10.1. The first-order valence-electron chi connectivity index (χ1n) is 10.6. The van der Waals surface area contributed by atoms with Gasteiger partial charge in [0.15, 0.2) is 0 Å². The number of aromatic nitrogens is 4. The summed E-state index contributed by atoms with van der Waals surface area (Å²) in [4.78, 5) is 31.3. The number of carbonyl (C=O) groups excluding carboxylic acids is 1. The third-order valence-corrected chi connectivity index (χ3v) is 5.57. The van der Waals surface area contributed by atoms with Crippen molar-refractivity contribution in [3.05, 3.63) is 90.8 Å². The van der Waals surface area contributed by atoms with Crippen molar-refractivity contribution in [1.82, 2.24) is 25.3 Å². The molecule has 158 valence electrons. The highest BCUT2D eigenvalue weighted by atomic mass is 16.2.